The number of hydrogen-bond acceptors (Lipinski definition) is 3. The summed E-state index contributed by atoms with van der Waals surface area (Å²) in [6, 6.07) is 3.66. The summed E-state index contributed by atoms with van der Waals surface area (Å²) in [6.07, 6.45) is 4.80. The lowest BCUT2D eigenvalue weighted by molar-refractivity contribution is 0.0207. The summed E-state index contributed by atoms with van der Waals surface area (Å²) < 4.78 is 11.4. The van der Waals surface area contributed by atoms with E-state index in [0.717, 1.165) is 37.0 Å². The van der Waals surface area contributed by atoms with E-state index < -0.39 is 0 Å². The highest BCUT2D eigenvalue weighted by Crippen LogP contribution is 2.31. The monoisotopic (exact) mass is 269 g/mol. The minimum atomic E-state index is 0.210. The van der Waals surface area contributed by atoms with Gasteiger partial charge in [-0.3, -0.25) is 0 Å². The maximum absolute atomic E-state index is 6.03. The maximum Gasteiger partial charge on any atom is 0.124 e. The molecule has 3 nitrogen and oxygen atoms in total. The average Bonchev–Trinajstić information content (AvgIpc) is 2.36. The van der Waals surface area contributed by atoms with Crippen LogP contribution in [-0.2, 0) is 4.74 Å². The van der Waals surface area contributed by atoms with Gasteiger partial charge in [-0.25, -0.2) is 0 Å². The molecule has 18 heavy (non-hydrogen) atoms. The van der Waals surface area contributed by atoms with Gasteiger partial charge in [0.05, 0.1) is 16.8 Å². The van der Waals surface area contributed by atoms with Crippen molar-refractivity contribution in [2.24, 2.45) is 0 Å². The van der Waals surface area contributed by atoms with Crippen LogP contribution >= 0.6 is 11.6 Å². The number of halogens is 1. The zero-order valence-corrected chi connectivity index (χ0v) is 11.7. The van der Waals surface area contributed by atoms with Gasteiger partial charge in [0.1, 0.15) is 11.9 Å². The van der Waals surface area contributed by atoms with Gasteiger partial charge in [-0.05, 0) is 37.8 Å². The normalized spacial score (nSPS) is 23.9. The molecule has 4 heteroatoms. The van der Waals surface area contributed by atoms with Gasteiger partial charge >= 0.3 is 0 Å². The molecule has 0 spiro atoms. The van der Waals surface area contributed by atoms with Crippen LogP contribution in [0.25, 0.3) is 0 Å². The molecule has 100 valence electrons. The number of nitrogen functional groups attached to an aromatic ring is 1. The van der Waals surface area contributed by atoms with Crippen molar-refractivity contribution in [1.82, 2.24) is 0 Å². The van der Waals surface area contributed by atoms with Crippen LogP contribution in [0, 0.1) is 6.92 Å². The number of hydrogen-bond donors (Lipinski definition) is 1. The highest BCUT2D eigenvalue weighted by Gasteiger charge is 2.23. The number of nitrogens with two attached hydrogens (primary N) is 1. The molecule has 1 aliphatic carbocycles. The van der Waals surface area contributed by atoms with E-state index in [2.05, 4.69) is 0 Å². The number of rotatable bonds is 3. The number of aryl methyl sites for hydroxylation is 1. The Bertz CT molecular complexity index is 423. The minimum Gasteiger partial charge on any atom is -0.490 e. The first-order valence-electron chi connectivity index (χ1n) is 6.35. The first kappa shape index (κ1) is 13.5. The Balaban J connectivity index is 2.07. The van der Waals surface area contributed by atoms with Gasteiger partial charge < -0.3 is 15.2 Å². The van der Waals surface area contributed by atoms with Crippen molar-refractivity contribution < 1.29 is 9.47 Å². The molecule has 1 aromatic carbocycles. The van der Waals surface area contributed by atoms with E-state index in [4.69, 9.17) is 26.8 Å². The fraction of sp³-hybridized carbons (Fsp3) is 0.571. The third-order valence-corrected chi connectivity index (χ3v) is 3.83. The molecule has 0 bridgehead atoms. The predicted octanol–water partition coefficient (Wildman–Crippen LogP) is 3.57. The topological polar surface area (TPSA) is 44.5 Å². The SMILES string of the molecule is COC1CCCC(Oc2cc(Cl)c(N)cc2C)C1. The van der Waals surface area contributed by atoms with Crippen molar-refractivity contribution in [3.63, 3.8) is 0 Å². The Morgan fingerprint density at radius 3 is 2.72 bits per heavy atom. The standard InChI is InChI=1S/C14H20ClNO2/c1-9-6-13(16)12(15)8-14(9)18-11-5-3-4-10(7-11)17-2/h6,8,10-11H,3-5,7,16H2,1-2H3. The van der Waals surface area contributed by atoms with Crippen LogP contribution in [0.5, 0.6) is 5.75 Å². The van der Waals surface area contributed by atoms with Crippen LogP contribution < -0.4 is 10.5 Å². The molecule has 1 aliphatic rings. The Hall–Kier alpha value is -0.930. The molecule has 1 saturated carbocycles. The summed E-state index contributed by atoms with van der Waals surface area (Å²) in [5.41, 5.74) is 7.38. The zero-order chi connectivity index (χ0) is 13.1. The molecule has 2 rings (SSSR count). The molecular weight excluding hydrogens is 250 g/mol. The van der Waals surface area contributed by atoms with E-state index in [1.807, 2.05) is 19.1 Å². The van der Waals surface area contributed by atoms with Crippen molar-refractivity contribution in [2.45, 2.75) is 44.8 Å². The average molecular weight is 270 g/mol. The molecular formula is C14H20ClNO2. The first-order chi connectivity index (χ1) is 8.60. The van der Waals surface area contributed by atoms with Gasteiger partial charge in [0.25, 0.3) is 0 Å². The molecule has 0 saturated heterocycles. The van der Waals surface area contributed by atoms with Crippen molar-refractivity contribution in [3.05, 3.63) is 22.7 Å². The van der Waals surface area contributed by atoms with Crippen LogP contribution in [0.2, 0.25) is 5.02 Å². The first-order valence-corrected chi connectivity index (χ1v) is 6.73. The smallest absolute Gasteiger partial charge is 0.124 e. The summed E-state index contributed by atoms with van der Waals surface area (Å²) in [4.78, 5) is 0. The zero-order valence-electron chi connectivity index (χ0n) is 10.9. The Labute approximate surface area is 113 Å². The van der Waals surface area contributed by atoms with Gasteiger partial charge in [0.2, 0.25) is 0 Å². The van der Waals surface area contributed by atoms with Crippen LogP contribution in [0.1, 0.15) is 31.2 Å². The van der Waals surface area contributed by atoms with E-state index in [-0.39, 0.29) is 6.10 Å². The largest absolute Gasteiger partial charge is 0.490 e. The molecule has 2 atom stereocenters. The van der Waals surface area contributed by atoms with E-state index in [1.165, 1.54) is 0 Å². The van der Waals surface area contributed by atoms with Crippen molar-refractivity contribution in [3.8, 4) is 5.75 Å². The van der Waals surface area contributed by atoms with Crippen molar-refractivity contribution in [1.29, 1.82) is 0 Å². The van der Waals surface area contributed by atoms with Crippen molar-refractivity contribution >= 4 is 17.3 Å². The summed E-state index contributed by atoms with van der Waals surface area (Å²) in [6.45, 7) is 1.98. The van der Waals surface area contributed by atoms with E-state index in [9.17, 15) is 0 Å². The lowest BCUT2D eigenvalue weighted by Crippen LogP contribution is -2.29. The van der Waals surface area contributed by atoms with E-state index in [0.29, 0.717) is 16.8 Å². The van der Waals surface area contributed by atoms with Crippen molar-refractivity contribution in [2.75, 3.05) is 12.8 Å². The quantitative estimate of drug-likeness (QED) is 0.853. The van der Waals surface area contributed by atoms with Gasteiger partial charge in [-0.2, -0.15) is 0 Å². The number of ether oxygens (including phenoxy) is 2. The Morgan fingerprint density at radius 1 is 1.28 bits per heavy atom. The second-order valence-corrected chi connectivity index (χ2v) is 5.31. The van der Waals surface area contributed by atoms with Crippen LogP contribution in [-0.4, -0.2) is 19.3 Å². The summed E-state index contributed by atoms with van der Waals surface area (Å²) in [5.74, 6) is 0.830. The highest BCUT2D eigenvalue weighted by atomic mass is 35.5. The number of methoxy groups -OCH3 is 1. The number of benzene rings is 1. The lowest BCUT2D eigenvalue weighted by Gasteiger charge is -2.29. The summed E-state index contributed by atoms with van der Waals surface area (Å²) in [7, 11) is 1.76. The maximum atomic E-state index is 6.03. The lowest BCUT2D eigenvalue weighted by atomic mass is 9.95. The summed E-state index contributed by atoms with van der Waals surface area (Å²) in [5, 5.41) is 0.551. The van der Waals surface area contributed by atoms with Gasteiger partial charge in [0, 0.05) is 19.6 Å². The molecule has 0 radical (unpaired) electrons. The molecule has 0 aromatic heterocycles. The number of anilines is 1. The molecule has 2 unspecified atom stereocenters. The second kappa shape index (κ2) is 5.81. The third-order valence-electron chi connectivity index (χ3n) is 3.50. The molecule has 2 N–H and O–H groups in total. The molecule has 1 aromatic rings. The van der Waals surface area contributed by atoms with Crippen LogP contribution in [0.3, 0.4) is 0 Å². The van der Waals surface area contributed by atoms with Gasteiger partial charge in [-0.15, -0.1) is 0 Å². The minimum absolute atomic E-state index is 0.210. The van der Waals surface area contributed by atoms with Gasteiger partial charge in [0.15, 0.2) is 0 Å². The van der Waals surface area contributed by atoms with Crippen LogP contribution in [0.4, 0.5) is 5.69 Å². The van der Waals surface area contributed by atoms with Gasteiger partial charge in [-0.1, -0.05) is 11.6 Å². The van der Waals surface area contributed by atoms with E-state index >= 15 is 0 Å². The Kier molecular flexibility index (Phi) is 4.36. The Morgan fingerprint density at radius 2 is 2.00 bits per heavy atom. The highest BCUT2D eigenvalue weighted by molar-refractivity contribution is 6.33. The molecule has 0 aliphatic heterocycles. The molecule has 0 amide bonds. The predicted molar refractivity (Wildman–Crippen MR) is 74.3 cm³/mol. The fourth-order valence-electron chi connectivity index (χ4n) is 2.42. The molecule has 0 heterocycles. The van der Waals surface area contributed by atoms with E-state index in [1.54, 1.807) is 7.11 Å². The third kappa shape index (κ3) is 3.09. The molecule has 1 fully saturated rings. The second-order valence-electron chi connectivity index (χ2n) is 4.90. The van der Waals surface area contributed by atoms with Crippen LogP contribution in [0.15, 0.2) is 12.1 Å². The summed E-state index contributed by atoms with van der Waals surface area (Å²) >= 11 is 6.03. The fourth-order valence-corrected chi connectivity index (χ4v) is 2.57.